The van der Waals surface area contributed by atoms with E-state index >= 15 is 0 Å². The van der Waals surface area contributed by atoms with Gasteiger partial charge in [0.15, 0.2) is 0 Å². The fourth-order valence-corrected chi connectivity index (χ4v) is 8.88. The molecule has 0 aromatic heterocycles. The van der Waals surface area contributed by atoms with Crippen LogP contribution in [0, 0.1) is 40.4 Å². The number of hydroxylamine groups is 2. The summed E-state index contributed by atoms with van der Waals surface area (Å²) >= 11 is 0. The molecule has 9 atom stereocenters. The summed E-state index contributed by atoms with van der Waals surface area (Å²) in [7, 11) is 1.51. The molecule has 0 aromatic carbocycles. The fraction of sp³-hybridized carbons (Fsp3) is 0.893. The van der Waals surface area contributed by atoms with Gasteiger partial charge in [0.05, 0.1) is 25.9 Å². The van der Waals surface area contributed by atoms with Gasteiger partial charge in [0.25, 0.3) is 0 Å². The van der Waals surface area contributed by atoms with Crippen LogP contribution >= 0.6 is 0 Å². The Labute approximate surface area is 200 Å². The molecule has 0 unspecified atom stereocenters. The molecule has 3 saturated carbocycles. The molecule has 4 aliphatic carbocycles. The Morgan fingerprint density at radius 2 is 1.94 bits per heavy atom. The van der Waals surface area contributed by atoms with Gasteiger partial charge in [-0.15, -0.1) is 0 Å². The van der Waals surface area contributed by atoms with Crippen LogP contribution in [-0.4, -0.2) is 47.0 Å². The minimum atomic E-state index is -0.312. The third kappa shape index (κ3) is 4.31. The predicted octanol–water partition coefficient (Wildman–Crippen LogP) is 5.11. The average molecular weight is 462 g/mol. The first-order chi connectivity index (χ1) is 15.7. The Morgan fingerprint density at radius 3 is 2.64 bits per heavy atom. The second-order valence-corrected chi connectivity index (χ2v) is 12.3. The Kier molecular flexibility index (Phi) is 7.34. The number of carbonyl (C=O) groups is 1. The molecule has 4 aliphatic rings. The molecule has 5 heteroatoms. The van der Waals surface area contributed by atoms with Crippen molar-refractivity contribution in [1.29, 1.82) is 0 Å². The van der Waals surface area contributed by atoms with E-state index in [-0.39, 0.29) is 24.7 Å². The topological polar surface area (TPSA) is 70.0 Å². The van der Waals surface area contributed by atoms with Crippen LogP contribution < -0.4 is 0 Å². The van der Waals surface area contributed by atoms with Crippen LogP contribution in [0.2, 0.25) is 0 Å². The van der Waals surface area contributed by atoms with Gasteiger partial charge >= 0.3 is 0 Å². The molecule has 4 rings (SSSR count). The van der Waals surface area contributed by atoms with Crippen LogP contribution in [0.1, 0.15) is 91.9 Å². The molecule has 0 saturated heterocycles. The number of rotatable bonds is 7. The molecular formula is C28H47NO4. The van der Waals surface area contributed by atoms with Gasteiger partial charge in [0.1, 0.15) is 0 Å². The van der Waals surface area contributed by atoms with Crippen molar-refractivity contribution in [2.75, 3.05) is 13.7 Å². The smallest absolute Gasteiger partial charge is 0.246 e. The van der Waals surface area contributed by atoms with E-state index in [4.69, 9.17) is 4.84 Å². The highest BCUT2D eigenvalue weighted by atomic mass is 16.7. The van der Waals surface area contributed by atoms with Crippen molar-refractivity contribution in [3.63, 3.8) is 0 Å². The summed E-state index contributed by atoms with van der Waals surface area (Å²) in [6, 6.07) is -0.312. The van der Waals surface area contributed by atoms with Crippen LogP contribution in [0.15, 0.2) is 11.6 Å². The number of aliphatic hydroxyl groups excluding tert-OH is 2. The maximum atomic E-state index is 12.7. The molecule has 0 aliphatic heterocycles. The van der Waals surface area contributed by atoms with Crippen molar-refractivity contribution in [2.45, 2.75) is 104 Å². The largest absolute Gasteiger partial charge is 0.394 e. The van der Waals surface area contributed by atoms with Gasteiger partial charge in [-0.05, 0) is 105 Å². The molecule has 1 amide bonds. The lowest BCUT2D eigenvalue weighted by molar-refractivity contribution is -0.190. The summed E-state index contributed by atoms with van der Waals surface area (Å²) in [5.41, 5.74) is 2.22. The normalized spacial score (nSPS) is 41.9. The third-order valence-electron chi connectivity index (χ3n) is 10.8. The first kappa shape index (κ1) is 25.2. The van der Waals surface area contributed by atoms with Gasteiger partial charge in [0, 0.05) is 6.42 Å². The number of amides is 1. The standard InChI is InChI=1S/C28H47NO4/c1-18(6-11-26(32)29(33-5)19(2)17-30)23-9-10-24-22-8-7-20-16-21(31)12-14-27(20,3)25(22)13-15-28(23,24)4/h7,18-19,21-25,30-31H,6,8-17H2,1-5H3/t18-,19-,21+,22+,23-,24+,25+,27+,28-/m1/s1. The lowest BCUT2D eigenvalue weighted by Gasteiger charge is -2.58. The van der Waals surface area contributed by atoms with E-state index in [2.05, 4.69) is 26.8 Å². The maximum absolute atomic E-state index is 12.7. The number of hydrogen-bond donors (Lipinski definition) is 2. The molecule has 5 nitrogen and oxygen atoms in total. The molecule has 0 spiro atoms. The number of aliphatic hydroxyl groups is 2. The van der Waals surface area contributed by atoms with E-state index in [9.17, 15) is 15.0 Å². The highest BCUT2D eigenvalue weighted by molar-refractivity contribution is 5.75. The predicted molar refractivity (Wildman–Crippen MR) is 130 cm³/mol. The van der Waals surface area contributed by atoms with E-state index in [0.29, 0.717) is 29.1 Å². The molecule has 0 heterocycles. The Hall–Kier alpha value is -0.910. The van der Waals surface area contributed by atoms with Crippen LogP contribution in [0.3, 0.4) is 0 Å². The molecule has 0 radical (unpaired) electrons. The molecule has 0 aromatic rings. The van der Waals surface area contributed by atoms with E-state index in [1.165, 1.54) is 44.3 Å². The zero-order chi connectivity index (χ0) is 24.0. The Morgan fingerprint density at radius 1 is 1.18 bits per heavy atom. The summed E-state index contributed by atoms with van der Waals surface area (Å²) in [5.74, 6) is 3.50. The van der Waals surface area contributed by atoms with Crippen LogP contribution in [0.5, 0.6) is 0 Å². The molecule has 33 heavy (non-hydrogen) atoms. The second-order valence-electron chi connectivity index (χ2n) is 12.3. The lowest BCUT2D eigenvalue weighted by Crippen LogP contribution is -2.50. The summed E-state index contributed by atoms with van der Waals surface area (Å²) < 4.78 is 0. The first-order valence-electron chi connectivity index (χ1n) is 13.5. The van der Waals surface area contributed by atoms with Gasteiger partial charge in [-0.3, -0.25) is 9.63 Å². The van der Waals surface area contributed by atoms with E-state index in [0.717, 1.165) is 43.4 Å². The van der Waals surface area contributed by atoms with Gasteiger partial charge in [0.2, 0.25) is 5.91 Å². The minimum Gasteiger partial charge on any atom is -0.394 e. The molecule has 3 fully saturated rings. The Balaban J connectivity index is 1.43. The molecule has 0 bridgehead atoms. The summed E-state index contributed by atoms with van der Waals surface area (Å²) in [5, 5.41) is 21.0. The van der Waals surface area contributed by atoms with Crippen molar-refractivity contribution >= 4 is 5.91 Å². The van der Waals surface area contributed by atoms with Crippen molar-refractivity contribution in [3.05, 3.63) is 11.6 Å². The van der Waals surface area contributed by atoms with Gasteiger partial charge in [-0.1, -0.05) is 32.4 Å². The lowest BCUT2D eigenvalue weighted by atomic mass is 9.47. The van der Waals surface area contributed by atoms with Crippen molar-refractivity contribution < 1.29 is 19.8 Å². The number of fused-ring (bicyclic) bond motifs is 5. The Bertz CT molecular complexity index is 752. The van der Waals surface area contributed by atoms with E-state index < -0.39 is 0 Å². The van der Waals surface area contributed by atoms with Gasteiger partial charge < -0.3 is 10.2 Å². The SMILES string of the molecule is CON(C(=O)CC[C@@H](C)[C@H]1CC[C@H]2[C@@H]3CC=C4C[C@@H](O)CC[C@]4(C)[C@H]3CC[C@]12C)[C@H](C)CO. The van der Waals surface area contributed by atoms with Crippen LogP contribution in [0.4, 0.5) is 0 Å². The van der Waals surface area contributed by atoms with Crippen LogP contribution in [-0.2, 0) is 9.63 Å². The average Bonchev–Trinajstić information content (AvgIpc) is 3.15. The number of allylic oxidation sites excluding steroid dienone is 1. The number of nitrogens with zero attached hydrogens (tertiary/aromatic N) is 1. The number of hydrogen-bond acceptors (Lipinski definition) is 4. The fourth-order valence-electron chi connectivity index (χ4n) is 8.88. The third-order valence-corrected chi connectivity index (χ3v) is 10.8. The monoisotopic (exact) mass is 461 g/mol. The highest BCUT2D eigenvalue weighted by Crippen LogP contribution is 2.67. The zero-order valence-corrected chi connectivity index (χ0v) is 21.6. The zero-order valence-electron chi connectivity index (χ0n) is 21.6. The molecular weight excluding hydrogens is 414 g/mol. The molecule has 2 N–H and O–H groups in total. The minimum absolute atomic E-state index is 0.0216. The van der Waals surface area contributed by atoms with Gasteiger partial charge in [-0.25, -0.2) is 5.06 Å². The van der Waals surface area contributed by atoms with Crippen molar-refractivity contribution in [3.8, 4) is 0 Å². The summed E-state index contributed by atoms with van der Waals surface area (Å²) in [6.45, 7) is 9.13. The first-order valence-corrected chi connectivity index (χ1v) is 13.5. The van der Waals surface area contributed by atoms with Crippen LogP contribution in [0.25, 0.3) is 0 Å². The van der Waals surface area contributed by atoms with Crippen molar-refractivity contribution in [2.24, 2.45) is 40.4 Å². The quantitative estimate of drug-likeness (QED) is 0.408. The van der Waals surface area contributed by atoms with Gasteiger partial charge in [-0.2, -0.15) is 0 Å². The highest BCUT2D eigenvalue weighted by Gasteiger charge is 2.59. The van der Waals surface area contributed by atoms with E-state index in [1.54, 1.807) is 5.57 Å². The van der Waals surface area contributed by atoms with Crippen molar-refractivity contribution in [1.82, 2.24) is 5.06 Å². The summed E-state index contributed by atoms with van der Waals surface area (Å²) in [6.07, 6.45) is 13.2. The van der Waals surface area contributed by atoms with E-state index in [1.807, 2.05) is 6.92 Å². The molecule has 188 valence electrons. The summed E-state index contributed by atoms with van der Waals surface area (Å²) in [4.78, 5) is 18.0. The second kappa shape index (κ2) is 9.62. The maximum Gasteiger partial charge on any atom is 0.246 e. The number of carbonyl (C=O) groups excluding carboxylic acids is 1.